The van der Waals surface area contributed by atoms with Gasteiger partial charge in [0.1, 0.15) is 5.75 Å². The summed E-state index contributed by atoms with van der Waals surface area (Å²) >= 11 is 0. The van der Waals surface area contributed by atoms with Gasteiger partial charge < -0.3 is 25.4 Å². The number of carbonyl (C=O) groups excluding carboxylic acids is 1. The highest BCUT2D eigenvalue weighted by Gasteiger charge is 2.27. The molecule has 1 aliphatic heterocycles. The molecule has 0 spiro atoms. The van der Waals surface area contributed by atoms with Crippen molar-refractivity contribution in [1.82, 2.24) is 15.5 Å². The number of para-hydroxylation sites is 1. The number of amides is 1. The molecule has 3 N–H and O–H groups in total. The molecule has 1 amide bonds. The van der Waals surface area contributed by atoms with E-state index in [2.05, 4.69) is 16.7 Å². The standard InChI is InChI=1S/C27H37N3O3/c1-33-26-9-5-2-6-21(26)15-17-30(23-14-16-28-19-23)27(32)22-12-10-20(11-13-22)18-29-24-7-3-4-8-25(24)31/h2,5-6,9-13,23-25,28-29,31H,3-4,7-8,14-19H2,1H3/t23?,24-,25-/m0/s1. The predicted octanol–water partition coefficient (Wildman–Crippen LogP) is 3.14. The van der Waals surface area contributed by atoms with Crippen LogP contribution in [0.3, 0.4) is 0 Å². The minimum Gasteiger partial charge on any atom is -0.496 e. The van der Waals surface area contributed by atoms with Crippen molar-refractivity contribution in [1.29, 1.82) is 0 Å². The van der Waals surface area contributed by atoms with Gasteiger partial charge in [0.15, 0.2) is 0 Å². The second kappa shape index (κ2) is 11.6. The van der Waals surface area contributed by atoms with E-state index in [9.17, 15) is 9.90 Å². The van der Waals surface area contributed by atoms with Gasteiger partial charge in [0.2, 0.25) is 0 Å². The molecule has 2 fully saturated rings. The average molecular weight is 452 g/mol. The van der Waals surface area contributed by atoms with Gasteiger partial charge in [-0.05, 0) is 61.6 Å². The fourth-order valence-corrected chi connectivity index (χ4v) is 5.04. The monoisotopic (exact) mass is 451 g/mol. The quantitative estimate of drug-likeness (QED) is 0.546. The maximum atomic E-state index is 13.5. The van der Waals surface area contributed by atoms with E-state index < -0.39 is 0 Å². The third-order valence-electron chi connectivity index (χ3n) is 7.05. The van der Waals surface area contributed by atoms with Crippen LogP contribution in [0.1, 0.15) is 53.6 Å². The van der Waals surface area contributed by atoms with Gasteiger partial charge in [-0.2, -0.15) is 0 Å². The number of carbonyl (C=O) groups is 1. The second-order valence-electron chi connectivity index (χ2n) is 9.24. The van der Waals surface area contributed by atoms with Crippen molar-refractivity contribution in [3.8, 4) is 5.75 Å². The molecule has 1 aliphatic carbocycles. The zero-order chi connectivity index (χ0) is 23.0. The molecule has 0 aromatic heterocycles. The van der Waals surface area contributed by atoms with Gasteiger partial charge in [0.25, 0.3) is 5.91 Å². The fraction of sp³-hybridized carbons (Fsp3) is 0.519. The first-order chi connectivity index (χ1) is 16.2. The van der Waals surface area contributed by atoms with E-state index in [1.807, 2.05) is 47.4 Å². The van der Waals surface area contributed by atoms with E-state index >= 15 is 0 Å². The molecule has 2 aromatic carbocycles. The van der Waals surface area contributed by atoms with Gasteiger partial charge in [-0.15, -0.1) is 0 Å². The van der Waals surface area contributed by atoms with Gasteiger partial charge in [0, 0.05) is 37.3 Å². The van der Waals surface area contributed by atoms with Crippen molar-refractivity contribution in [3.05, 3.63) is 65.2 Å². The van der Waals surface area contributed by atoms with Crippen molar-refractivity contribution >= 4 is 5.91 Å². The van der Waals surface area contributed by atoms with Crippen LogP contribution in [-0.2, 0) is 13.0 Å². The number of ether oxygens (including phenoxy) is 1. The van der Waals surface area contributed by atoms with E-state index in [0.717, 1.165) is 67.6 Å². The number of benzene rings is 2. The second-order valence-corrected chi connectivity index (χ2v) is 9.24. The first-order valence-electron chi connectivity index (χ1n) is 12.3. The van der Waals surface area contributed by atoms with E-state index in [-0.39, 0.29) is 24.1 Å². The maximum absolute atomic E-state index is 13.5. The van der Waals surface area contributed by atoms with Crippen molar-refractivity contribution in [2.45, 2.75) is 63.3 Å². The van der Waals surface area contributed by atoms with E-state index in [4.69, 9.17) is 4.74 Å². The number of nitrogens with one attached hydrogen (secondary N) is 2. The van der Waals surface area contributed by atoms with E-state index in [1.165, 1.54) is 6.42 Å². The summed E-state index contributed by atoms with van der Waals surface area (Å²) in [7, 11) is 1.69. The van der Waals surface area contributed by atoms with Crippen LogP contribution in [0.5, 0.6) is 5.75 Å². The van der Waals surface area contributed by atoms with Gasteiger partial charge >= 0.3 is 0 Å². The molecule has 1 unspecified atom stereocenters. The Morgan fingerprint density at radius 2 is 1.91 bits per heavy atom. The lowest BCUT2D eigenvalue weighted by molar-refractivity contribution is 0.0694. The highest BCUT2D eigenvalue weighted by Crippen LogP contribution is 2.21. The van der Waals surface area contributed by atoms with Crippen LogP contribution in [0.4, 0.5) is 0 Å². The number of nitrogens with zero attached hydrogens (tertiary/aromatic N) is 1. The number of hydrogen-bond donors (Lipinski definition) is 3. The lowest BCUT2D eigenvalue weighted by Crippen LogP contribution is -2.43. The lowest BCUT2D eigenvalue weighted by Gasteiger charge is -2.29. The molecule has 0 radical (unpaired) electrons. The lowest BCUT2D eigenvalue weighted by atomic mass is 9.92. The summed E-state index contributed by atoms with van der Waals surface area (Å²) in [4.78, 5) is 15.5. The Balaban J connectivity index is 1.40. The zero-order valence-electron chi connectivity index (χ0n) is 19.6. The first-order valence-corrected chi connectivity index (χ1v) is 12.3. The highest BCUT2D eigenvalue weighted by atomic mass is 16.5. The molecule has 2 aromatic rings. The van der Waals surface area contributed by atoms with Crippen LogP contribution in [0.25, 0.3) is 0 Å². The summed E-state index contributed by atoms with van der Waals surface area (Å²) < 4.78 is 5.50. The third-order valence-corrected chi connectivity index (χ3v) is 7.05. The largest absolute Gasteiger partial charge is 0.496 e. The average Bonchev–Trinajstić information content (AvgIpc) is 3.39. The normalized spacial score (nSPS) is 22.8. The smallest absolute Gasteiger partial charge is 0.254 e. The molecule has 178 valence electrons. The number of methoxy groups -OCH3 is 1. The SMILES string of the molecule is COc1ccccc1CCN(C(=O)c1ccc(CN[C@H]2CCCC[C@@H]2O)cc1)C1CCNC1. The Bertz CT molecular complexity index is 896. The maximum Gasteiger partial charge on any atom is 0.254 e. The van der Waals surface area contributed by atoms with Crippen LogP contribution in [0.2, 0.25) is 0 Å². The van der Waals surface area contributed by atoms with Gasteiger partial charge in [-0.25, -0.2) is 0 Å². The topological polar surface area (TPSA) is 73.8 Å². The van der Waals surface area contributed by atoms with Gasteiger partial charge in [-0.1, -0.05) is 43.2 Å². The fourth-order valence-electron chi connectivity index (χ4n) is 5.04. The molecule has 3 atom stereocenters. The summed E-state index contributed by atoms with van der Waals surface area (Å²) in [6.45, 7) is 3.15. The number of aliphatic hydroxyl groups excluding tert-OH is 1. The number of aliphatic hydroxyl groups is 1. The Morgan fingerprint density at radius 3 is 2.64 bits per heavy atom. The Labute approximate surface area is 197 Å². The van der Waals surface area contributed by atoms with Crippen LogP contribution in [0, 0.1) is 0 Å². The van der Waals surface area contributed by atoms with Crippen LogP contribution in [-0.4, -0.2) is 60.8 Å². The molecule has 6 heteroatoms. The van der Waals surface area contributed by atoms with Crippen molar-refractivity contribution in [3.63, 3.8) is 0 Å². The summed E-state index contributed by atoms with van der Waals surface area (Å²) in [6, 6.07) is 16.3. The summed E-state index contributed by atoms with van der Waals surface area (Å²) in [5.74, 6) is 0.954. The van der Waals surface area contributed by atoms with Crippen LogP contribution >= 0.6 is 0 Å². The molecule has 0 bridgehead atoms. The van der Waals surface area contributed by atoms with Crippen molar-refractivity contribution in [2.24, 2.45) is 0 Å². The number of rotatable bonds is 9. The Morgan fingerprint density at radius 1 is 1.12 bits per heavy atom. The Hall–Kier alpha value is -2.41. The third kappa shape index (κ3) is 6.14. The van der Waals surface area contributed by atoms with Crippen LogP contribution in [0.15, 0.2) is 48.5 Å². The highest BCUT2D eigenvalue weighted by molar-refractivity contribution is 5.94. The summed E-state index contributed by atoms with van der Waals surface area (Å²) in [6.07, 6.45) is 5.67. The number of hydrogen-bond acceptors (Lipinski definition) is 5. The molecular weight excluding hydrogens is 414 g/mol. The molecule has 1 saturated carbocycles. The Kier molecular flexibility index (Phi) is 8.37. The molecular formula is C27H37N3O3. The molecule has 33 heavy (non-hydrogen) atoms. The zero-order valence-corrected chi connectivity index (χ0v) is 19.6. The van der Waals surface area contributed by atoms with Crippen molar-refractivity contribution in [2.75, 3.05) is 26.7 Å². The van der Waals surface area contributed by atoms with E-state index in [1.54, 1.807) is 7.11 Å². The minimum atomic E-state index is -0.253. The summed E-state index contributed by atoms with van der Waals surface area (Å²) in [5, 5.41) is 17.0. The van der Waals surface area contributed by atoms with Crippen LogP contribution < -0.4 is 15.4 Å². The molecule has 1 heterocycles. The van der Waals surface area contributed by atoms with Crippen molar-refractivity contribution < 1.29 is 14.6 Å². The molecule has 1 saturated heterocycles. The molecule has 2 aliphatic rings. The predicted molar refractivity (Wildman–Crippen MR) is 131 cm³/mol. The minimum absolute atomic E-state index is 0.0841. The molecule has 4 rings (SSSR count). The summed E-state index contributed by atoms with van der Waals surface area (Å²) in [5.41, 5.74) is 2.98. The first kappa shape index (κ1) is 23.7. The van der Waals surface area contributed by atoms with Gasteiger partial charge in [0.05, 0.1) is 13.2 Å². The van der Waals surface area contributed by atoms with E-state index in [0.29, 0.717) is 13.1 Å². The van der Waals surface area contributed by atoms with Gasteiger partial charge in [-0.3, -0.25) is 4.79 Å². The molecule has 6 nitrogen and oxygen atoms in total.